The number of ketones is 1. The first kappa shape index (κ1) is 29.8. The highest BCUT2D eigenvalue weighted by molar-refractivity contribution is 7.98. The van der Waals surface area contributed by atoms with Crippen molar-refractivity contribution in [2.45, 2.75) is 41.9 Å². The van der Waals surface area contributed by atoms with Crippen LogP contribution >= 0.6 is 11.8 Å². The molecule has 1 saturated heterocycles. The molecule has 0 radical (unpaired) electrons. The van der Waals surface area contributed by atoms with Crippen LogP contribution in [0.15, 0.2) is 103 Å². The maximum atomic E-state index is 14.4. The number of hydrogen-bond acceptors (Lipinski definition) is 8. The number of rotatable bonds is 10. The molecule has 1 saturated carbocycles. The van der Waals surface area contributed by atoms with Gasteiger partial charge in [-0.05, 0) is 47.1 Å². The smallest absolute Gasteiger partial charge is 0.251 e. The van der Waals surface area contributed by atoms with Gasteiger partial charge >= 0.3 is 0 Å². The van der Waals surface area contributed by atoms with Crippen molar-refractivity contribution in [3.8, 4) is 5.75 Å². The zero-order valence-electron chi connectivity index (χ0n) is 25.0. The van der Waals surface area contributed by atoms with Gasteiger partial charge in [-0.2, -0.15) is 5.01 Å². The van der Waals surface area contributed by atoms with Gasteiger partial charge in [-0.15, -0.1) is 11.8 Å². The zero-order valence-corrected chi connectivity index (χ0v) is 25.9. The number of benzene rings is 3. The van der Waals surface area contributed by atoms with E-state index in [1.54, 1.807) is 24.0 Å². The summed E-state index contributed by atoms with van der Waals surface area (Å²) in [4.78, 5) is 30.9. The summed E-state index contributed by atoms with van der Waals surface area (Å²) in [5.41, 5.74) is 4.23. The quantitative estimate of drug-likeness (QED) is 0.318. The van der Waals surface area contributed by atoms with E-state index in [4.69, 9.17) is 9.47 Å². The molecule has 0 aromatic heterocycles. The lowest BCUT2D eigenvalue weighted by atomic mass is 9.92. The second kappa shape index (κ2) is 12.8. The highest BCUT2D eigenvalue weighted by Gasteiger charge is 2.52. The van der Waals surface area contributed by atoms with Gasteiger partial charge in [0.2, 0.25) is 0 Å². The number of hydrogen-bond donors (Lipinski definition) is 1. The summed E-state index contributed by atoms with van der Waals surface area (Å²) in [6, 6.07) is 23.1. The van der Waals surface area contributed by atoms with Crippen LogP contribution in [0, 0.1) is 11.8 Å². The highest BCUT2D eigenvalue weighted by atomic mass is 32.2. The Hall–Kier alpha value is -3.89. The molecular formula is C36H37N3O5S. The third-order valence-electron chi connectivity index (χ3n) is 9.13. The second-order valence-electron chi connectivity index (χ2n) is 12.0. The van der Waals surface area contributed by atoms with Crippen LogP contribution in [0.25, 0.3) is 0 Å². The number of fused-ring (bicyclic) bond motifs is 3. The average molecular weight is 624 g/mol. The van der Waals surface area contributed by atoms with Crippen LogP contribution in [0.4, 0.5) is 0 Å². The topological polar surface area (TPSA) is 82.5 Å². The molecule has 3 aromatic rings. The van der Waals surface area contributed by atoms with Crippen LogP contribution in [0.3, 0.4) is 0 Å². The van der Waals surface area contributed by atoms with Crippen LogP contribution in [-0.4, -0.2) is 70.3 Å². The maximum absolute atomic E-state index is 14.4. The molecular weight excluding hydrogens is 586 g/mol. The molecule has 3 aliphatic heterocycles. The Balaban J connectivity index is 1.33. The SMILES string of the molecule is C=CCOc1cccc2c1C(N1CN(CC3CC3CO)C(=O)C3C(OCc4ccccc4)C(=O)C=CN31)c1ccccc1SC2. The van der Waals surface area contributed by atoms with E-state index in [0.717, 1.165) is 45.1 Å². The molecule has 9 heteroatoms. The van der Waals surface area contributed by atoms with Crippen molar-refractivity contribution in [1.82, 2.24) is 14.9 Å². The van der Waals surface area contributed by atoms with Crippen LogP contribution < -0.4 is 4.74 Å². The Morgan fingerprint density at radius 1 is 1.00 bits per heavy atom. The van der Waals surface area contributed by atoms with Gasteiger partial charge in [0.05, 0.1) is 19.3 Å². The predicted molar refractivity (Wildman–Crippen MR) is 172 cm³/mol. The number of ether oxygens (including phenoxy) is 2. The molecule has 0 bridgehead atoms. The van der Waals surface area contributed by atoms with Gasteiger partial charge in [0.1, 0.15) is 12.4 Å². The van der Waals surface area contributed by atoms with E-state index in [-0.39, 0.29) is 42.8 Å². The molecule has 2 fully saturated rings. The molecule has 5 atom stereocenters. The van der Waals surface area contributed by atoms with Crippen molar-refractivity contribution in [3.63, 3.8) is 0 Å². The molecule has 7 rings (SSSR count). The van der Waals surface area contributed by atoms with Crippen molar-refractivity contribution in [2.24, 2.45) is 11.8 Å². The minimum Gasteiger partial charge on any atom is -0.489 e. The van der Waals surface area contributed by atoms with Gasteiger partial charge in [0, 0.05) is 41.6 Å². The van der Waals surface area contributed by atoms with Crippen molar-refractivity contribution in [2.75, 3.05) is 26.4 Å². The molecule has 3 heterocycles. The number of amides is 1. The van der Waals surface area contributed by atoms with Crippen LogP contribution in [0.1, 0.15) is 34.7 Å². The summed E-state index contributed by atoms with van der Waals surface area (Å²) in [6.07, 6.45) is 4.91. The Morgan fingerprint density at radius 3 is 2.62 bits per heavy atom. The van der Waals surface area contributed by atoms with Gasteiger partial charge in [0.15, 0.2) is 17.9 Å². The lowest BCUT2D eigenvalue weighted by Gasteiger charge is -2.53. The van der Waals surface area contributed by atoms with Crippen molar-refractivity contribution < 1.29 is 24.2 Å². The monoisotopic (exact) mass is 623 g/mol. The first-order chi connectivity index (χ1) is 22.1. The standard InChI is InChI=1S/C36H37N3O5S/c1-2-17-43-30-13-8-11-25-22-45-31-14-7-6-12-28(31)33(32(25)30)39-23-37(19-26-18-27(26)20-40)36(42)34-35(29(41)15-16-38(34)39)44-21-24-9-4-3-5-10-24/h2-16,26-27,33-35,40H,1,17-23H2. The number of thioether (sulfide) groups is 1. The summed E-state index contributed by atoms with van der Waals surface area (Å²) in [5.74, 6) is 1.59. The van der Waals surface area contributed by atoms with Crippen LogP contribution in [0.2, 0.25) is 0 Å². The van der Waals surface area contributed by atoms with E-state index in [1.807, 2.05) is 58.4 Å². The summed E-state index contributed by atoms with van der Waals surface area (Å²) in [7, 11) is 0. The molecule has 4 aliphatic rings. The molecule has 0 spiro atoms. The largest absolute Gasteiger partial charge is 0.489 e. The van der Waals surface area contributed by atoms with Crippen LogP contribution in [-0.2, 0) is 26.7 Å². The molecule has 1 aliphatic carbocycles. The average Bonchev–Trinajstić information content (AvgIpc) is 3.86. The highest BCUT2D eigenvalue weighted by Crippen LogP contribution is 2.48. The number of aliphatic hydroxyl groups is 1. The normalized spacial score (nSPS) is 25.7. The maximum Gasteiger partial charge on any atom is 0.251 e. The minimum atomic E-state index is -0.983. The van der Waals surface area contributed by atoms with E-state index >= 15 is 0 Å². The Kier molecular flexibility index (Phi) is 8.51. The van der Waals surface area contributed by atoms with E-state index < -0.39 is 12.1 Å². The number of hydrazine groups is 1. The fourth-order valence-corrected chi connectivity index (χ4v) is 7.80. The number of carbonyl (C=O) groups excluding carboxylic acids is 2. The summed E-state index contributed by atoms with van der Waals surface area (Å²) in [6.45, 7) is 5.37. The molecule has 45 heavy (non-hydrogen) atoms. The summed E-state index contributed by atoms with van der Waals surface area (Å²) in [5, 5.41) is 13.9. The summed E-state index contributed by atoms with van der Waals surface area (Å²) < 4.78 is 12.6. The van der Waals surface area contributed by atoms with Gasteiger partial charge in [-0.3, -0.25) is 14.6 Å². The third kappa shape index (κ3) is 5.81. The van der Waals surface area contributed by atoms with Gasteiger partial charge in [-0.25, -0.2) is 0 Å². The molecule has 8 nitrogen and oxygen atoms in total. The Morgan fingerprint density at radius 2 is 1.82 bits per heavy atom. The number of aliphatic hydroxyl groups excluding tert-OH is 1. The van der Waals surface area contributed by atoms with E-state index in [9.17, 15) is 14.7 Å². The molecule has 1 amide bonds. The molecule has 232 valence electrons. The number of nitrogens with zero attached hydrogens (tertiary/aromatic N) is 3. The van der Waals surface area contributed by atoms with Crippen molar-refractivity contribution >= 4 is 23.5 Å². The van der Waals surface area contributed by atoms with Crippen molar-refractivity contribution in [3.05, 3.63) is 120 Å². The molecule has 1 N–H and O–H groups in total. The van der Waals surface area contributed by atoms with E-state index in [1.165, 1.54) is 6.08 Å². The van der Waals surface area contributed by atoms with E-state index in [2.05, 4.69) is 35.9 Å². The lowest BCUT2D eigenvalue weighted by Crippen LogP contribution is -2.69. The Labute approximate surface area is 267 Å². The zero-order chi connectivity index (χ0) is 30.9. The first-order valence-corrected chi connectivity index (χ1v) is 16.4. The third-order valence-corrected chi connectivity index (χ3v) is 10.3. The first-order valence-electron chi connectivity index (χ1n) is 15.5. The molecule has 3 aromatic carbocycles. The second-order valence-corrected chi connectivity index (χ2v) is 13.0. The predicted octanol–water partition coefficient (Wildman–Crippen LogP) is 4.94. The minimum absolute atomic E-state index is 0.112. The van der Waals surface area contributed by atoms with Crippen molar-refractivity contribution in [1.29, 1.82) is 0 Å². The fraction of sp³-hybridized carbons (Fsp3) is 0.333. The summed E-state index contributed by atoms with van der Waals surface area (Å²) >= 11 is 1.79. The van der Waals surface area contributed by atoms with Crippen LogP contribution in [0.5, 0.6) is 5.75 Å². The van der Waals surface area contributed by atoms with E-state index in [0.29, 0.717) is 19.8 Å². The Bertz CT molecular complexity index is 1610. The molecule has 5 unspecified atom stereocenters. The lowest BCUT2D eigenvalue weighted by molar-refractivity contribution is -0.190. The van der Waals surface area contributed by atoms with Gasteiger partial charge in [-0.1, -0.05) is 73.3 Å². The fourth-order valence-electron chi connectivity index (χ4n) is 6.72. The van der Waals surface area contributed by atoms with Gasteiger partial charge < -0.3 is 19.5 Å². The number of carbonyl (C=O) groups is 2. The van der Waals surface area contributed by atoms with Gasteiger partial charge in [0.25, 0.3) is 5.91 Å².